The first-order valence-electron chi connectivity index (χ1n) is 5.06. The van der Waals surface area contributed by atoms with E-state index < -0.39 is 0 Å². The van der Waals surface area contributed by atoms with Crippen molar-refractivity contribution in [2.75, 3.05) is 7.05 Å². The lowest BCUT2D eigenvalue weighted by molar-refractivity contribution is 0.309. The molecule has 0 bridgehead atoms. The molecule has 0 saturated carbocycles. The molecule has 0 spiro atoms. The van der Waals surface area contributed by atoms with Crippen molar-refractivity contribution < 1.29 is 0 Å². The average Bonchev–Trinajstić information content (AvgIpc) is 2.01. The molecule has 0 aliphatic rings. The first-order chi connectivity index (χ1) is 5.99. The fourth-order valence-electron chi connectivity index (χ4n) is 1.46. The van der Waals surface area contributed by atoms with Crippen molar-refractivity contribution in [3.63, 3.8) is 0 Å². The molecule has 0 amide bonds. The molecule has 0 aromatic heterocycles. The lowest BCUT2D eigenvalue weighted by Crippen LogP contribution is -2.29. The van der Waals surface area contributed by atoms with E-state index in [-0.39, 0.29) is 0 Å². The number of hydrogen-bond acceptors (Lipinski definition) is 1. The molecule has 0 rings (SSSR count). The lowest BCUT2D eigenvalue weighted by Gasteiger charge is -2.25. The zero-order valence-electron chi connectivity index (χ0n) is 9.70. The molecule has 1 unspecified atom stereocenters. The van der Waals surface area contributed by atoms with E-state index in [0.717, 1.165) is 12.8 Å². The van der Waals surface area contributed by atoms with Gasteiger partial charge in [-0.1, -0.05) is 20.8 Å². The van der Waals surface area contributed by atoms with E-state index in [2.05, 4.69) is 37.9 Å². The Morgan fingerprint density at radius 2 is 1.92 bits per heavy atom. The van der Waals surface area contributed by atoms with Crippen LogP contribution < -0.4 is 5.32 Å². The normalized spacial score (nSPS) is 13.3. The summed E-state index contributed by atoms with van der Waals surface area (Å²) in [6.07, 6.45) is 3.39. The SMILES string of the molecule is CC#CCCC(CC(C)(C)C)NC. The van der Waals surface area contributed by atoms with Crippen LogP contribution in [0.2, 0.25) is 0 Å². The summed E-state index contributed by atoms with van der Waals surface area (Å²) in [5.41, 5.74) is 0.410. The third kappa shape index (κ3) is 7.87. The van der Waals surface area contributed by atoms with Gasteiger partial charge in [0.05, 0.1) is 0 Å². The molecule has 0 heterocycles. The maximum Gasteiger partial charge on any atom is 0.0103 e. The Labute approximate surface area is 83.3 Å². The van der Waals surface area contributed by atoms with Gasteiger partial charge in [0.1, 0.15) is 0 Å². The summed E-state index contributed by atoms with van der Waals surface area (Å²) >= 11 is 0. The molecule has 76 valence electrons. The summed E-state index contributed by atoms with van der Waals surface area (Å²) in [6.45, 7) is 8.74. The van der Waals surface area contributed by atoms with Crippen molar-refractivity contribution in [3.8, 4) is 11.8 Å². The molecule has 0 aliphatic carbocycles. The monoisotopic (exact) mass is 181 g/mol. The molecule has 1 N–H and O–H groups in total. The third-order valence-corrected chi connectivity index (χ3v) is 2.06. The smallest absolute Gasteiger partial charge is 0.0103 e. The maximum absolute atomic E-state index is 3.35. The van der Waals surface area contributed by atoms with E-state index >= 15 is 0 Å². The van der Waals surface area contributed by atoms with Crippen LogP contribution in [0.25, 0.3) is 0 Å². The largest absolute Gasteiger partial charge is 0.317 e. The van der Waals surface area contributed by atoms with Gasteiger partial charge in [-0.2, -0.15) is 0 Å². The number of rotatable bonds is 4. The van der Waals surface area contributed by atoms with Crippen LogP contribution in [-0.2, 0) is 0 Å². The highest BCUT2D eigenvalue weighted by Crippen LogP contribution is 2.22. The molecule has 0 aromatic rings. The van der Waals surface area contributed by atoms with Gasteiger partial charge >= 0.3 is 0 Å². The second-order valence-electron chi connectivity index (χ2n) is 4.72. The highest BCUT2D eigenvalue weighted by molar-refractivity contribution is 4.95. The molecule has 0 fully saturated rings. The van der Waals surface area contributed by atoms with Gasteiger partial charge in [-0.05, 0) is 32.2 Å². The van der Waals surface area contributed by atoms with E-state index in [1.807, 2.05) is 14.0 Å². The third-order valence-electron chi connectivity index (χ3n) is 2.06. The second kappa shape index (κ2) is 6.05. The molecule has 1 nitrogen and oxygen atoms in total. The van der Waals surface area contributed by atoms with E-state index in [1.165, 1.54) is 6.42 Å². The van der Waals surface area contributed by atoms with Crippen LogP contribution in [0.3, 0.4) is 0 Å². The molecular formula is C12H23N. The quantitative estimate of drug-likeness (QED) is 0.658. The molecule has 13 heavy (non-hydrogen) atoms. The topological polar surface area (TPSA) is 12.0 Å². The first kappa shape index (κ1) is 12.5. The van der Waals surface area contributed by atoms with Crippen molar-refractivity contribution in [3.05, 3.63) is 0 Å². The maximum atomic E-state index is 3.35. The molecule has 1 atom stereocenters. The lowest BCUT2D eigenvalue weighted by atomic mass is 9.86. The Kier molecular flexibility index (Phi) is 5.82. The van der Waals surface area contributed by atoms with Gasteiger partial charge in [-0.3, -0.25) is 0 Å². The van der Waals surface area contributed by atoms with Gasteiger partial charge in [0.2, 0.25) is 0 Å². The van der Waals surface area contributed by atoms with Crippen LogP contribution in [-0.4, -0.2) is 13.1 Å². The van der Waals surface area contributed by atoms with E-state index in [9.17, 15) is 0 Å². The van der Waals surface area contributed by atoms with Gasteiger partial charge in [0, 0.05) is 12.5 Å². The Hall–Kier alpha value is -0.480. The molecular weight excluding hydrogens is 158 g/mol. The van der Waals surface area contributed by atoms with E-state index in [0.29, 0.717) is 11.5 Å². The minimum Gasteiger partial charge on any atom is -0.317 e. The Bertz CT molecular complexity index is 178. The van der Waals surface area contributed by atoms with E-state index in [1.54, 1.807) is 0 Å². The summed E-state index contributed by atoms with van der Waals surface area (Å²) in [6, 6.07) is 0.612. The fourth-order valence-corrected chi connectivity index (χ4v) is 1.46. The van der Waals surface area contributed by atoms with Crippen LogP contribution in [0.4, 0.5) is 0 Å². The molecule has 1 heteroatoms. The summed E-state index contributed by atoms with van der Waals surface area (Å²) < 4.78 is 0. The van der Waals surface area contributed by atoms with Crippen LogP contribution in [0.1, 0.15) is 47.0 Å². The van der Waals surface area contributed by atoms with Gasteiger partial charge in [-0.15, -0.1) is 11.8 Å². The van der Waals surface area contributed by atoms with Gasteiger partial charge in [-0.25, -0.2) is 0 Å². The number of hydrogen-bond donors (Lipinski definition) is 1. The van der Waals surface area contributed by atoms with Crippen molar-refractivity contribution in [1.29, 1.82) is 0 Å². The Balaban J connectivity index is 3.80. The molecule has 0 radical (unpaired) electrons. The van der Waals surface area contributed by atoms with Crippen LogP contribution in [0.5, 0.6) is 0 Å². The zero-order chi connectivity index (χ0) is 10.3. The molecule has 0 aromatic carbocycles. The standard InChI is InChI=1S/C12H23N/c1-6-7-8-9-11(13-5)10-12(2,3)4/h11,13H,8-10H2,1-5H3. The van der Waals surface area contributed by atoms with Crippen molar-refractivity contribution in [2.24, 2.45) is 5.41 Å². The van der Waals surface area contributed by atoms with Gasteiger partial charge in [0.15, 0.2) is 0 Å². The zero-order valence-corrected chi connectivity index (χ0v) is 9.70. The fraction of sp³-hybridized carbons (Fsp3) is 0.833. The molecule has 0 saturated heterocycles. The van der Waals surface area contributed by atoms with Crippen LogP contribution >= 0.6 is 0 Å². The van der Waals surface area contributed by atoms with Crippen LogP contribution in [0.15, 0.2) is 0 Å². The van der Waals surface area contributed by atoms with Gasteiger partial charge in [0.25, 0.3) is 0 Å². The molecule has 0 aliphatic heterocycles. The first-order valence-corrected chi connectivity index (χ1v) is 5.06. The second-order valence-corrected chi connectivity index (χ2v) is 4.72. The Morgan fingerprint density at radius 3 is 2.31 bits per heavy atom. The van der Waals surface area contributed by atoms with Crippen molar-refractivity contribution in [2.45, 2.75) is 53.0 Å². The predicted octanol–water partition coefficient (Wildman–Crippen LogP) is 2.81. The van der Waals surface area contributed by atoms with Crippen LogP contribution in [0, 0.1) is 17.3 Å². The average molecular weight is 181 g/mol. The summed E-state index contributed by atoms with van der Waals surface area (Å²) in [5.74, 6) is 6.04. The summed E-state index contributed by atoms with van der Waals surface area (Å²) in [5, 5.41) is 3.35. The van der Waals surface area contributed by atoms with Crippen molar-refractivity contribution in [1.82, 2.24) is 5.32 Å². The highest BCUT2D eigenvalue weighted by Gasteiger charge is 2.16. The minimum atomic E-state index is 0.410. The number of nitrogens with one attached hydrogen (secondary N) is 1. The van der Waals surface area contributed by atoms with Gasteiger partial charge < -0.3 is 5.32 Å². The summed E-state index contributed by atoms with van der Waals surface area (Å²) in [4.78, 5) is 0. The Morgan fingerprint density at radius 1 is 1.31 bits per heavy atom. The predicted molar refractivity (Wildman–Crippen MR) is 59.6 cm³/mol. The highest BCUT2D eigenvalue weighted by atomic mass is 14.9. The summed E-state index contributed by atoms with van der Waals surface area (Å²) in [7, 11) is 2.04. The van der Waals surface area contributed by atoms with E-state index in [4.69, 9.17) is 0 Å². The van der Waals surface area contributed by atoms with Crippen molar-refractivity contribution >= 4 is 0 Å². The minimum absolute atomic E-state index is 0.410.